The highest BCUT2D eigenvalue weighted by molar-refractivity contribution is 5.89. The van der Waals surface area contributed by atoms with Crippen LogP contribution in [0.5, 0.6) is 0 Å². The maximum atomic E-state index is 13.0. The van der Waals surface area contributed by atoms with E-state index < -0.39 is 23.6 Å². The zero-order valence-electron chi connectivity index (χ0n) is 10.7. The molecule has 0 radical (unpaired) electrons. The Kier molecular flexibility index (Phi) is 4.16. The summed E-state index contributed by atoms with van der Waals surface area (Å²) in [5, 5.41) is 2.70. The van der Waals surface area contributed by atoms with Crippen molar-refractivity contribution in [2.24, 2.45) is 5.73 Å². The van der Waals surface area contributed by atoms with Crippen LogP contribution in [-0.2, 0) is 9.59 Å². The number of hydrogen-bond donors (Lipinski definition) is 2. The summed E-state index contributed by atoms with van der Waals surface area (Å²) in [6.07, 6.45) is 1.29. The van der Waals surface area contributed by atoms with Crippen LogP contribution in [0.2, 0.25) is 0 Å². The number of rotatable bonds is 4. The molecule has 0 unspecified atom stereocenters. The molecule has 7 heteroatoms. The smallest absolute Gasteiger partial charge is 0.242 e. The van der Waals surface area contributed by atoms with Gasteiger partial charge >= 0.3 is 0 Å². The van der Waals surface area contributed by atoms with Gasteiger partial charge in [-0.05, 0) is 25.0 Å². The van der Waals surface area contributed by atoms with Gasteiger partial charge in [-0.1, -0.05) is 0 Å². The number of halogens is 2. The van der Waals surface area contributed by atoms with Gasteiger partial charge in [0.1, 0.15) is 6.04 Å². The Bertz CT molecular complexity index is 536. The fraction of sp³-hybridized carbons (Fsp3) is 0.385. The number of primary amides is 1. The van der Waals surface area contributed by atoms with E-state index in [-0.39, 0.29) is 12.5 Å². The summed E-state index contributed by atoms with van der Waals surface area (Å²) < 4.78 is 25.8. The second-order valence-electron chi connectivity index (χ2n) is 4.63. The van der Waals surface area contributed by atoms with Crippen LogP contribution in [0, 0.1) is 11.6 Å². The van der Waals surface area contributed by atoms with Crippen molar-refractivity contribution in [2.45, 2.75) is 18.9 Å². The molecule has 108 valence electrons. The van der Waals surface area contributed by atoms with Gasteiger partial charge in [-0.3, -0.25) is 9.59 Å². The van der Waals surface area contributed by atoms with Crippen molar-refractivity contribution in [3.63, 3.8) is 0 Å². The standard InChI is InChI=1S/C13H15F2N3O2/c14-9-4-3-8(6-10(9)15)17-7-12(19)18-5-1-2-11(18)13(16)20/h3-4,6,11,17H,1-2,5,7H2,(H2,16,20)/t11-/m0/s1. The molecule has 1 atom stereocenters. The molecule has 2 rings (SSSR count). The van der Waals surface area contributed by atoms with E-state index in [9.17, 15) is 18.4 Å². The minimum atomic E-state index is -0.987. The molecular weight excluding hydrogens is 268 g/mol. The highest BCUT2D eigenvalue weighted by Gasteiger charge is 2.32. The third kappa shape index (κ3) is 3.04. The van der Waals surface area contributed by atoms with Crippen molar-refractivity contribution >= 4 is 17.5 Å². The van der Waals surface area contributed by atoms with E-state index in [2.05, 4.69) is 5.32 Å². The second-order valence-corrected chi connectivity index (χ2v) is 4.63. The van der Waals surface area contributed by atoms with E-state index in [0.29, 0.717) is 18.7 Å². The third-order valence-corrected chi connectivity index (χ3v) is 3.26. The van der Waals surface area contributed by atoms with E-state index in [1.807, 2.05) is 0 Å². The van der Waals surface area contributed by atoms with Crippen LogP contribution in [0.25, 0.3) is 0 Å². The van der Waals surface area contributed by atoms with Crippen molar-refractivity contribution < 1.29 is 18.4 Å². The summed E-state index contributed by atoms with van der Waals surface area (Å²) in [6, 6.07) is 2.71. The Morgan fingerprint density at radius 3 is 2.75 bits per heavy atom. The number of nitrogens with zero attached hydrogens (tertiary/aromatic N) is 1. The van der Waals surface area contributed by atoms with Crippen LogP contribution in [0.1, 0.15) is 12.8 Å². The molecule has 1 aromatic carbocycles. The second kappa shape index (κ2) is 5.85. The highest BCUT2D eigenvalue weighted by atomic mass is 19.2. The summed E-state index contributed by atoms with van der Waals surface area (Å²) in [6.45, 7) is 0.376. The molecule has 5 nitrogen and oxygen atoms in total. The first-order chi connectivity index (χ1) is 9.49. The van der Waals surface area contributed by atoms with E-state index in [1.54, 1.807) is 0 Å². The number of hydrogen-bond acceptors (Lipinski definition) is 3. The average molecular weight is 283 g/mol. The zero-order valence-corrected chi connectivity index (χ0v) is 10.7. The SMILES string of the molecule is NC(=O)[C@@H]1CCCN1C(=O)CNc1ccc(F)c(F)c1. The molecule has 0 saturated carbocycles. The lowest BCUT2D eigenvalue weighted by molar-refractivity contribution is -0.135. The number of amides is 2. The van der Waals surface area contributed by atoms with Crippen LogP contribution in [-0.4, -0.2) is 35.8 Å². The average Bonchev–Trinajstić information content (AvgIpc) is 2.89. The van der Waals surface area contributed by atoms with Crippen LogP contribution in [0.3, 0.4) is 0 Å². The molecule has 3 N–H and O–H groups in total. The maximum Gasteiger partial charge on any atom is 0.242 e. The predicted octanol–water partition coefficient (Wildman–Crippen LogP) is 0.853. The number of nitrogens with two attached hydrogens (primary N) is 1. The van der Waals surface area contributed by atoms with Crippen LogP contribution >= 0.6 is 0 Å². The number of nitrogens with one attached hydrogen (secondary N) is 1. The van der Waals surface area contributed by atoms with Crippen LogP contribution in [0.15, 0.2) is 18.2 Å². The minimum absolute atomic E-state index is 0.102. The summed E-state index contributed by atoms with van der Waals surface area (Å²) >= 11 is 0. The molecule has 0 spiro atoms. The number of likely N-dealkylation sites (tertiary alicyclic amines) is 1. The molecule has 1 aliphatic heterocycles. The number of carbonyl (C=O) groups excluding carboxylic acids is 2. The van der Waals surface area contributed by atoms with Gasteiger partial charge in [0.25, 0.3) is 0 Å². The lowest BCUT2D eigenvalue weighted by Crippen LogP contribution is -2.45. The van der Waals surface area contributed by atoms with Gasteiger partial charge in [0.15, 0.2) is 11.6 Å². The first kappa shape index (κ1) is 14.2. The summed E-state index contributed by atoms with van der Waals surface area (Å²) in [5.74, 6) is -2.76. The van der Waals surface area contributed by atoms with E-state index >= 15 is 0 Å². The van der Waals surface area contributed by atoms with Crippen molar-refractivity contribution in [2.75, 3.05) is 18.4 Å². The summed E-state index contributed by atoms with van der Waals surface area (Å²) in [7, 11) is 0. The quantitative estimate of drug-likeness (QED) is 0.860. The summed E-state index contributed by atoms with van der Waals surface area (Å²) in [4.78, 5) is 24.6. The van der Waals surface area contributed by atoms with Crippen molar-refractivity contribution in [1.29, 1.82) is 0 Å². The van der Waals surface area contributed by atoms with E-state index in [1.165, 1.54) is 11.0 Å². The van der Waals surface area contributed by atoms with Crippen LogP contribution in [0.4, 0.5) is 14.5 Å². The lowest BCUT2D eigenvalue weighted by atomic mass is 10.2. The van der Waals surface area contributed by atoms with Crippen molar-refractivity contribution in [3.05, 3.63) is 29.8 Å². The highest BCUT2D eigenvalue weighted by Crippen LogP contribution is 2.17. The third-order valence-electron chi connectivity index (χ3n) is 3.26. The van der Waals surface area contributed by atoms with Crippen molar-refractivity contribution in [1.82, 2.24) is 4.90 Å². The largest absolute Gasteiger partial charge is 0.376 e. The topological polar surface area (TPSA) is 75.4 Å². The molecule has 0 aromatic heterocycles. The van der Waals surface area contributed by atoms with Gasteiger partial charge in [0, 0.05) is 18.3 Å². The molecule has 1 saturated heterocycles. The molecule has 0 bridgehead atoms. The van der Waals surface area contributed by atoms with Gasteiger partial charge in [-0.15, -0.1) is 0 Å². The first-order valence-corrected chi connectivity index (χ1v) is 6.26. The Hall–Kier alpha value is -2.18. The lowest BCUT2D eigenvalue weighted by Gasteiger charge is -2.22. The monoisotopic (exact) mass is 283 g/mol. The Morgan fingerprint density at radius 1 is 1.35 bits per heavy atom. The molecule has 1 heterocycles. The van der Waals surface area contributed by atoms with Gasteiger partial charge in [-0.2, -0.15) is 0 Å². The van der Waals surface area contributed by atoms with E-state index in [4.69, 9.17) is 5.73 Å². The minimum Gasteiger partial charge on any atom is -0.376 e. The molecule has 2 amide bonds. The number of carbonyl (C=O) groups is 2. The summed E-state index contributed by atoms with van der Waals surface area (Å²) in [5.41, 5.74) is 5.52. The Balaban J connectivity index is 1.94. The first-order valence-electron chi connectivity index (χ1n) is 6.26. The maximum absolute atomic E-state index is 13.0. The van der Waals surface area contributed by atoms with Crippen molar-refractivity contribution in [3.8, 4) is 0 Å². The molecular formula is C13H15F2N3O2. The molecule has 0 aliphatic carbocycles. The molecule has 1 fully saturated rings. The number of anilines is 1. The number of benzene rings is 1. The van der Waals surface area contributed by atoms with Gasteiger partial charge in [0.05, 0.1) is 6.54 Å². The Labute approximate surface area is 114 Å². The zero-order chi connectivity index (χ0) is 14.7. The molecule has 1 aliphatic rings. The fourth-order valence-electron chi connectivity index (χ4n) is 2.25. The Morgan fingerprint density at radius 2 is 2.10 bits per heavy atom. The molecule has 1 aromatic rings. The fourth-order valence-corrected chi connectivity index (χ4v) is 2.25. The van der Waals surface area contributed by atoms with Gasteiger partial charge in [-0.25, -0.2) is 8.78 Å². The molecule has 20 heavy (non-hydrogen) atoms. The predicted molar refractivity (Wildman–Crippen MR) is 68.8 cm³/mol. The van der Waals surface area contributed by atoms with Crippen LogP contribution < -0.4 is 11.1 Å². The van der Waals surface area contributed by atoms with Gasteiger partial charge < -0.3 is 16.0 Å². The van der Waals surface area contributed by atoms with E-state index in [0.717, 1.165) is 18.6 Å². The normalized spacial score (nSPS) is 18.1. The van der Waals surface area contributed by atoms with Gasteiger partial charge in [0.2, 0.25) is 11.8 Å².